The zero-order chi connectivity index (χ0) is 23.0. The van der Waals surface area contributed by atoms with Gasteiger partial charge in [-0.15, -0.1) is 0 Å². The molecule has 0 bridgehead atoms. The van der Waals surface area contributed by atoms with Crippen molar-refractivity contribution in [3.05, 3.63) is 71.6 Å². The van der Waals surface area contributed by atoms with Crippen molar-refractivity contribution in [2.75, 3.05) is 10.3 Å². The van der Waals surface area contributed by atoms with Gasteiger partial charge in [0.1, 0.15) is 5.82 Å². The van der Waals surface area contributed by atoms with Gasteiger partial charge >= 0.3 is 6.18 Å². The van der Waals surface area contributed by atoms with Crippen LogP contribution in [0.15, 0.2) is 54.6 Å². The Morgan fingerprint density at radius 1 is 1.03 bits per heavy atom. The third-order valence-corrected chi connectivity index (χ3v) is 5.44. The molecule has 2 aromatic rings. The van der Waals surface area contributed by atoms with Gasteiger partial charge in [-0.25, -0.2) is 9.40 Å². The average molecular weight is 447 g/mol. The highest BCUT2D eigenvalue weighted by atomic mass is 19.4. The summed E-state index contributed by atoms with van der Waals surface area (Å²) >= 11 is 0. The third kappa shape index (κ3) is 4.08. The van der Waals surface area contributed by atoms with E-state index >= 15 is 0 Å². The molecule has 3 amide bonds. The Kier molecular flexibility index (Phi) is 5.45. The summed E-state index contributed by atoms with van der Waals surface area (Å²) in [7, 11) is 0. The Labute approximate surface area is 179 Å². The highest BCUT2D eigenvalue weighted by Crippen LogP contribution is 2.33. The van der Waals surface area contributed by atoms with E-state index in [4.69, 9.17) is 0 Å². The van der Waals surface area contributed by atoms with E-state index in [0.717, 1.165) is 5.01 Å². The number of nitrogens with zero attached hydrogens (tertiary/aromatic N) is 1. The molecule has 0 aromatic heterocycles. The zero-order valence-corrected chi connectivity index (χ0v) is 16.4. The number of halogens is 4. The topological polar surface area (TPSA) is 78.5 Å². The van der Waals surface area contributed by atoms with E-state index in [1.807, 2.05) is 12.2 Å². The molecule has 2 aliphatic rings. The first-order valence-electron chi connectivity index (χ1n) is 9.73. The molecule has 166 valence electrons. The van der Waals surface area contributed by atoms with E-state index in [9.17, 15) is 31.9 Å². The fourth-order valence-electron chi connectivity index (χ4n) is 3.76. The maximum Gasteiger partial charge on any atom is 0.416 e. The minimum atomic E-state index is -4.70. The largest absolute Gasteiger partial charge is 0.416 e. The Hall–Kier alpha value is -3.69. The van der Waals surface area contributed by atoms with Gasteiger partial charge in [0.25, 0.3) is 5.91 Å². The number of carbonyl (C=O) groups is 3. The summed E-state index contributed by atoms with van der Waals surface area (Å²) < 4.78 is 52.7. The van der Waals surface area contributed by atoms with Crippen LogP contribution >= 0.6 is 0 Å². The number of nitrogens with one attached hydrogen (secondary N) is 2. The normalized spacial score (nSPS) is 20.6. The quantitative estimate of drug-likeness (QED) is 0.550. The van der Waals surface area contributed by atoms with Crippen LogP contribution in [0.3, 0.4) is 0 Å². The van der Waals surface area contributed by atoms with E-state index in [-0.39, 0.29) is 23.1 Å². The van der Waals surface area contributed by atoms with Gasteiger partial charge in [-0.3, -0.25) is 19.8 Å². The van der Waals surface area contributed by atoms with Crippen molar-refractivity contribution in [3.63, 3.8) is 0 Å². The van der Waals surface area contributed by atoms with Crippen LogP contribution in [0.4, 0.5) is 28.9 Å². The molecule has 6 nitrogen and oxygen atoms in total. The molecule has 1 saturated heterocycles. The Morgan fingerprint density at radius 2 is 1.75 bits per heavy atom. The van der Waals surface area contributed by atoms with E-state index in [1.54, 1.807) is 0 Å². The molecule has 1 fully saturated rings. The smallest absolute Gasteiger partial charge is 0.319 e. The Morgan fingerprint density at radius 3 is 2.47 bits per heavy atom. The second-order valence-electron chi connectivity index (χ2n) is 7.50. The van der Waals surface area contributed by atoms with Gasteiger partial charge < -0.3 is 5.32 Å². The van der Waals surface area contributed by atoms with E-state index in [1.165, 1.54) is 24.3 Å². The van der Waals surface area contributed by atoms with Crippen molar-refractivity contribution in [2.24, 2.45) is 11.8 Å². The van der Waals surface area contributed by atoms with Crippen LogP contribution in [0.1, 0.15) is 28.8 Å². The molecule has 2 unspecified atom stereocenters. The zero-order valence-electron chi connectivity index (χ0n) is 16.4. The van der Waals surface area contributed by atoms with Gasteiger partial charge in [0.05, 0.1) is 28.8 Å². The second-order valence-corrected chi connectivity index (χ2v) is 7.50. The molecule has 10 heteroatoms. The lowest BCUT2D eigenvalue weighted by Gasteiger charge is -2.38. The maximum absolute atomic E-state index is 14.0. The van der Waals surface area contributed by atoms with E-state index in [2.05, 4.69) is 10.7 Å². The molecule has 2 aromatic carbocycles. The van der Waals surface area contributed by atoms with Gasteiger partial charge in [0, 0.05) is 5.56 Å². The van der Waals surface area contributed by atoms with Crippen LogP contribution in [0.2, 0.25) is 0 Å². The number of alkyl halides is 3. The monoisotopic (exact) mass is 447 g/mol. The fourth-order valence-corrected chi connectivity index (χ4v) is 3.76. The molecular weight excluding hydrogens is 430 g/mol. The molecule has 4 rings (SSSR count). The number of allylic oxidation sites excluding steroid dienone is 2. The number of hydrazine groups is 1. The highest BCUT2D eigenvalue weighted by Gasteiger charge is 2.42. The Balaban J connectivity index is 1.57. The number of amides is 3. The highest BCUT2D eigenvalue weighted by molar-refractivity contribution is 6.07. The first-order valence-corrected chi connectivity index (χ1v) is 9.73. The first kappa shape index (κ1) is 21.5. The number of benzene rings is 2. The van der Waals surface area contributed by atoms with Crippen molar-refractivity contribution in [3.8, 4) is 0 Å². The summed E-state index contributed by atoms with van der Waals surface area (Å²) in [6, 6.07) is 7.28. The van der Waals surface area contributed by atoms with Gasteiger partial charge in [-0.05, 0) is 49.2 Å². The lowest BCUT2D eigenvalue weighted by molar-refractivity contribution is -0.140. The summed E-state index contributed by atoms with van der Waals surface area (Å²) in [5.74, 6) is -3.54. The summed E-state index contributed by atoms with van der Waals surface area (Å²) in [5.41, 5.74) is 0.951. The molecule has 1 heterocycles. The van der Waals surface area contributed by atoms with Crippen LogP contribution in [-0.2, 0) is 15.8 Å². The number of hydrogen-bond donors (Lipinski definition) is 2. The average Bonchev–Trinajstić information content (AvgIpc) is 2.77. The van der Waals surface area contributed by atoms with Crippen LogP contribution in [0.5, 0.6) is 0 Å². The summed E-state index contributed by atoms with van der Waals surface area (Å²) in [6.45, 7) is 0. The molecular formula is C22H17F4N3O3. The second kappa shape index (κ2) is 8.10. The van der Waals surface area contributed by atoms with Crippen molar-refractivity contribution in [2.45, 2.75) is 19.0 Å². The first-order chi connectivity index (χ1) is 15.1. The van der Waals surface area contributed by atoms with Crippen LogP contribution in [-0.4, -0.2) is 17.7 Å². The standard InChI is InChI=1S/C22H17F4N3O3/c23-17-9-8-13(22(24,25)26)11-18(17)27-19(30)12-4-3-5-14(10-12)29-21(32)16-7-2-1-6-15(16)20(31)28-29/h1-5,8-11,15-16H,6-7H2,(H,27,30)(H,28,31). The summed E-state index contributed by atoms with van der Waals surface area (Å²) in [4.78, 5) is 37.9. The molecule has 0 spiro atoms. The lowest BCUT2D eigenvalue weighted by atomic mass is 9.80. The van der Waals surface area contributed by atoms with Gasteiger partial charge in [0.2, 0.25) is 11.8 Å². The predicted octanol–water partition coefficient (Wildman–Crippen LogP) is 4.06. The third-order valence-electron chi connectivity index (χ3n) is 5.44. The minimum absolute atomic E-state index is 0.0352. The van der Waals surface area contributed by atoms with Crippen molar-refractivity contribution in [1.82, 2.24) is 5.43 Å². The van der Waals surface area contributed by atoms with Crippen molar-refractivity contribution >= 4 is 29.1 Å². The number of anilines is 2. The van der Waals surface area contributed by atoms with Crippen molar-refractivity contribution < 1.29 is 31.9 Å². The molecule has 32 heavy (non-hydrogen) atoms. The van der Waals surface area contributed by atoms with Gasteiger partial charge in [-0.1, -0.05) is 18.2 Å². The number of carbonyl (C=O) groups excluding carboxylic acids is 3. The van der Waals surface area contributed by atoms with Crippen LogP contribution in [0, 0.1) is 17.7 Å². The summed E-state index contributed by atoms with van der Waals surface area (Å²) in [6.07, 6.45) is -0.138. The van der Waals surface area contributed by atoms with Gasteiger partial charge in [0.15, 0.2) is 0 Å². The predicted molar refractivity (Wildman–Crippen MR) is 107 cm³/mol. The Bertz CT molecular complexity index is 1130. The number of hydrogen-bond acceptors (Lipinski definition) is 3. The van der Waals surface area contributed by atoms with Crippen LogP contribution in [0.25, 0.3) is 0 Å². The lowest BCUT2D eigenvalue weighted by Crippen LogP contribution is -2.59. The van der Waals surface area contributed by atoms with E-state index < -0.39 is 41.0 Å². The number of fused-ring (bicyclic) bond motifs is 1. The van der Waals surface area contributed by atoms with Gasteiger partial charge in [-0.2, -0.15) is 13.2 Å². The number of rotatable bonds is 3. The molecule has 0 saturated carbocycles. The molecule has 2 N–H and O–H groups in total. The molecule has 0 radical (unpaired) electrons. The van der Waals surface area contributed by atoms with Crippen molar-refractivity contribution in [1.29, 1.82) is 0 Å². The van der Waals surface area contributed by atoms with E-state index in [0.29, 0.717) is 31.0 Å². The minimum Gasteiger partial charge on any atom is -0.319 e. The molecule has 1 aliphatic carbocycles. The fraction of sp³-hybridized carbons (Fsp3) is 0.227. The SMILES string of the molecule is O=C(Nc1cc(C(F)(F)F)ccc1F)c1cccc(N2NC(=O)C3CC=CCC3C2=O)c1. The molecule has 2 atom stereocenters. The summed E-state index contributed by atoms with van der Waals surface area (Å²) in [5, 5.41) is 3.18. The maximum atomic E-state index is 14.0. The van der Waals surface area contributed by atoms with Crippen LogP contribution < -0.4 is 15.8 Å². The molecule has 1 aliphatic heterocycles.